The molecule has 0 amide bonds. The van der Waals surface area contributed by atoms with Gasteiger partial charge in [0.05, 0.1) is 13.2 Å². The first-order valence-corrected chi connectivity index (χ1v) is 11.1. The minimum Gasteiger partial charge on any atom is -0.370 e. The van der Waals surface area contributed by atoms with Crippen LogP contribution in [0, 0.1) is 17.3 Å². The van der Waals surface area contributed by atoms with E-state index >= 15 is 0 Å². The molecule has 2 heterocycles. The summed E-state index contributed by atoms with van der Waals surface area (Å²) in [5.41, 5.74) is 0.624. The third-order valence-corrected chi connectivity index (χ3v) is 9.71. The molecule has 154 valence electrons. The van der Waals surface area contributed by atoms with Crippen LogP contribution in [0.4, 0.5) is 0 Å². The van der Waals surface area contributed by atoms with Gasteiger partial charge >= 0.3 is 0 Å². The average molecular weight is 389 g/mol. The molecule has 4 aliphatic carbocycles. The lowest BCUT2D eigenvalue weighted by atomic mass is 9.52. The van der Waals surface area contributed by atoms with Crippen molar-refractivity contribution in [2.24, 2.45) is 17.3 Å². The summed E-state index contributed by atoms with van der Waals surface area (Å²) >= 11 is 0. The molecule has 0 bridgehead atoms. The normalized spacial score (nSPS) is 53.0. The van der Waals surface area contributed by atoms with Crippen LogP contribution in [0.5, 0.6) is 0 Å². The van der Waals surface area contributed by atoms with Crippen molar-refractivity contribution in [3.8, 4) is 0 Å². The molecule has 0 aromatic carbocycles. The number of hydrogen-bond donors (Lipinski definition) is 0. The topological polar surface area (TPSA) is 57.3 Å². The van der Waals surface area contributed by atoms with Crippen molar-refractivity contribution in [2.75, 3.05) is 20.3 Å². The SMILES string of the molecule is CO[C@]1(C(C)=O)CC[C@H]2[C@@H]3CC[C@@]45CC6(CC[C@@]4(O5)C3=CC[C@@]21C)OCCO6. The monoisotopic (exact) mass is 388 g/mol. The van der Waals surface area contributed by atoms with Crippen molar-refractivity contribution in [3.05, 3.63) is 11.6 Å². The summed E-state index contributed by atoms with van der Waals surface area (Å²) in [7, 11) is 1.73. The largest absolute Gasteiger partial charge is 0.370 e. The van der Waals surface area contributed by atoms with Crippen LogP contribution in [0.25, 0.3) is 0 Å². The number of carbonyl (C=O) groups is 1. The van der Waals surface area contributed by atoms with Crippen LogP contribution in [0.3, 0.4) is 0 Å². The molecule has 6 aliphatic rings. The molecule has 0 radical (unpaired) electrons. The Morgan fingerprint density at radius 1 is 1.14 bits per heavy atom. The second-order valence-electron chi connectivity index (χ2n) is 10.4. The maximum absolute atomic E-state index is 12.7. The third-order valence-electron chi connectivity index (χ3n) is 9.71. The van der Waals surface area contributed by atoms with Crippen LogP contribution in [-0.2, 0) is 23.7 Å². The summed E-state index contributed by atoms with van der Waals surface area (Å²) < 4.78 is 24.7. The maximum Gasteiger partial charge on any atom is 0.171 e. The van der Waals surface area contributed by atoms with Crippen molar-refractivity contribution in [1.82, 2.24) is 0 Å². The highest BCUT2D eigenvalue weighted by Gasteiger charge is 2.79. The molecule has 5 heteroatoms. The van der Waals surface area contributed by atoms with Gasteiger partial charge in [0.15, 0.2) is 11.6 Å². The fraction of sp³-hybridized carbons (Fsp3) is 0.870. The predicted molar refractivity (Wildman–Crippen MR) is 102 cm³/mol. The first-order chi connectivity index (χ1) is 13.4. The van der Waals surface area contributed by atoms with Gasteiger partial charge in [-0.25, -0.2) is 0 Å². The number of ether oxygens (including phenoxy) is 4. The molecule has 3 saturated carbocycles. The number of methoxy groups -OCH3 is 1. The minimum atomic E-state index is -0.627. The zero-order chi connectivity index (χ0) is 19.4. The fourth-order valence-corrected chi connectivity index (χ4v) is 8.39. The molecule has 0 unspecified atom stereocenters. The lowest BCUT2D eigenvalue weighted by Crippen LogP contribution is -2.56. The molecular formula is C23H32O5. The van der Waals surface area contributed by atoms with E-state index in [2.05, 4.69) is 13.0 Å². The van der Waals surface area contributed by atoms with Crippen LogP contribution < -0.4 is 0 Å². The zero-order valence-corrected chi connectivity index (χ0v) is 17.3. The summed E-state index contributed by atoms with van der Waals surface area (Å²) in [5, 5.41) is 0. The van der Waals surface area contributed by atoms with Gasteiger partial charge in [-0.15, -0.1) is 0 Å². The Hall–Kier alpha value is -0.750. The van der Waals surface area contributed by atoms with E-state index in [1.807, 2.05) is 0 Å². The Labute approximate surface area is 167 Å². The van der Waals surface area contributed by atoms with Crippen LogP contribution in [0.1, 0.15) is 65.2 Å². The number of carbonyl (C=O) groups excluding carboxylic acids is 1. The van der Waals surface area contributed by atoms with E-state index in [4.69, 9.17) is 18.9 Å². The van der Waals surface area contributed by atoms with Crippen molar-refractivity contribution in [1.29, 1.82) is 0 Å². The third kappa shape index (κ3) is 1.82. The summed E-state index contributed by atoms with van der Waals surface area (Å²) in [6.07, 6.45) is 10.3. The molecule has 0 aromatic rings. The molecule has 2 saturated heterocycles. The first kappa shape index (κ1) is 18.1. The smallest absolute Gasteiger partial charge is 0.171 e. The number of hydrogen-bond acceptors (Lipinski definition) is 5. The summed E-state index contributed by atoms with van der Waals surface area (Å²) in [6.45, 7) is 5.43. The van der Waals surface area contributed by atoms with Gasteiger partial charge in [-0.3, -0.25) is 4.79 Å². The predicted octanol–water partition coefficient (Wildman–Crippen LogP) is 3.55. The molecule has 6 rings (SSSR count). The first-order valence-electron chi connectivity index (χ1n) is 11.1. The van der Waals surface area contributed by atoms with Crippen molar-refractivity contribution in [2.45, 2.75) is 87.8 Å². The number of epoxide rings is 1. The molecule has 28 heavy (non-hydrogen) atoms. The van der Waals surface area contributed by atoms with E-state index < -0.39 is 11.4 Å². The van der Waals surface area contributed by atoms with Crippen LogP contribution in [0.15, 0.2) is 11.6 Å². The van der Waals surface area contributed by atoms with Gasteiger partial charge in [0, 0.05) is 25.4 Å². The molecular weight excluding hydrogens is 356 g/mol. The molecule has 1 spiro atoms. The number of ketones is 1. The van der Waals surface area contributed by atoms with E-state index in [1.54, 1.807) is 14.0 Å². The molecule has 0 aromatic heterocycles. The Kier molecular flexibility index (Phi) is 3.41. The molecule has 5 nitrogen and oxygen atoms in total. The Morgan fingerprint density at radius 3 is 2.64 bits per heavy atom. The Bertz CT molecular complexity index is 769. The molecule has 5 fully saturated rings. The highest BCUT2D eigenvalue weighted by atomic mass is 16.7. The summed E-state index contributed by atoms with van der Waals surface area (Å²) in [6, 6.07) is 0. The van der Waals surface area contributed by atoms with Gasteiger partial charge in [0.25, 0.3) is 0 Å². The highest BCUT2D eigenvalue weighted by Crippen LogP contribution is 2.74. The second-order valence-corrected chi connectivity index (χ2v) is 10.4. The van der Waals surface area contributed by atoms with E-state index in [1.165, 1.54) is 5.57 Å². The van der Waals surface area contributed by atoms with Gasteiger partial charge in [-0.05, 0) is 62.9 Å². The highest BCUT2D eigenvalue weighted by molar-refractivity contribution is 5.86. The van der Waals surface area contributed by atoms with E-state index in [-0.39, 0.29) is 22.4 Å². The minimum absolute atomic E-state index is 0.0802. The van der Waals surface area contributed by atoms with Crippen LogP contribution in [0.2, 0.25) is 0 Å². The number of rotatable bonds is 2. The molecule has 6 atom stereocenters. The van der Waals surface area contributed by atoms with Crippen molar-refractivity contribution < 1.29 is 23.7 Å². The Balaban J connectivity index is 1.35. The van der Waals surface area contributed by atoms with Crippen LogP contribution in [-0.4, -0.2) is 48.7 Å². The number of fused-ring (bicyclic) bond motifs is 3. The lowest BCUT2D eigenvalue weighted by molar-refractivity contribution is -0.185. The van der Waals surface area contributed by atoms with Gasteiger partial charge in [0.2, 0.25) is 0 Å². The second kappa shape index (κ2) is 5.29. The fourth-order valence-electron chi connectivity index (χ4n) is 8.39. The van der Waals surface area contributed by atoms with Gasteiger partial charge in [0.1, 0.15) is 16.8 Å². The Morgan fingerprint density at radius 2 is 1.93 bits per heavy atom. The van der Waals surface area contributed by atoms with Gasteiger partial charge in [-0.1, -0.05) is 13.0 Å². The van der Waals surface area contributed by atoms with E-state index in [0.717, 1.165) is 51.4 Å². The van der Waals surface area contributed by atoms with Crippen molar-refractivity contribution in [3.63, 3.8) is 0 Å². The van der Waals surface area contributed by atoms with E-state index in [0.29, 0.717) is 25.0 Å². The number of Topliss-reactive ketones (excluding diaryl/α,β-unsaturated/α-hetero) is 1. The number of allylic oxidation sites excluding steroid dienone is 1. The van der Waals surface area contributed by atoms with Gasteiger partial charge in [-0.2, -0.15) is 0 Å². The lowest BCUT2D eigenvalue weighted by Gasteiger charge is -2.52. The molecule has 0 N–H and O–H groups in total. The quantitative estimate of drug-likeness (QED) is 0.535. The average Bonchev–Trinajstić information content (AvgIpc) is 2.96. The zero-order valence-electron chi connectivity index (χ0n) is 17.3. The van der Waals surface area contributed by atoms with Crippen molar-refractivity contribution >= 4 is 5.78 Å². The van der Waals surface area contributed by atoms with Gasteiger partial charge < -0.3 is 18.9 Å². The maximum atomic E-state index is 12.7. The van der Waals surface area contributed by atoms with Crippen LogP contribution >= 0.6 is 0 Å². The standard InChI is InChI=1S/C23H32O5/c1-15(24)22(25-3)9-6-17-16-4-8-20-14-21(26-12-13-27-21)10-11-23(20,28-20)18(16)5-7-19(17,22)2/h5,16-17H,4,6-14H2,1-3H3/t16-,17-,19-,20+,22-,23+/m0/s1. The summed E-state index contributed by atoms with van der Waals surface area (Å²) in [5.74, 6) is 0.815. The van der Waals surface area contributed by atoms with E-state index in [9.17, 15) is 4.79 Å². The summed E-state index contributed by atoms with van der Waals surface area (Å²) in [4.78, 5) is 12.7. The molecule has 2 aliphatic heterocycles.